The highest BCUT2D eigenvalue weighted by Gasteiger charge is 2.12. The lowest BCUT2D eigenvalue weighted by Gasteiger charge is -2.10. The van der Waals surface area contributed by atoms with Crippen LogP contribution in [0.2, 0.25) is 5.02 Å². The average molecular weight is 398 g/mol. The van der Waals surface area contributed by atoms with Gasteiger partial charge < -0.3 is 15.4 Å². The predicted octanol–water partition coefficient (Wildman–Crippen LogP) is 2.99. The fraction of sp³-hybridized carbons (Fsp3) is 0.105. The molecule has 0 bridgehead atoms. The van der Waals surface area contributed by atoms with E-state index in [1.165, 1.54) is 25.4 Å². The van der Waals surface area contributed by atoms with Crippen molar-refractivity contribution >= 4 is 35.1 Å². The van der Waals surface area contributed by atoms with E-state index in [1.54, 1.807) is 24.4 Å². The molecule has 8 nitrogen and oxygen atoms in total. The SMILES string of the molecule is COC(=O)c1ccc(Cl)c(Nc2nccc(C(=O)NCc3ccccn3)n2)c1. The topological polar surface area (TPSA) is 106 Å². The lowest BCUT2D eigenvalue weighted by molar-refractivity contribution is 0.0600. The van der Waals surface area contributed by atoms with Crippen molar-refractivity contribution in [2.75, 3.05) is 12.4 Å². The molecule has 0 aliphatic carbocycles. The van der Waals surface area contributed by atoms with Gasteiger partial charge in [-0.3, -0.25) is 9.78 Å². The van der Waals surface area contributed by atoms with Gasteiger partial charge in [0.25, 0.3) is 5.91 Å². The highest BCUT2D eigenvalue weighted by atomic mass is 35.5. The van der Waals surface area contributed by atoms with E-state index in [0.29, 0.717) is 16.3 Å². The monoisotopic (exact) mass is 397 g/mol. The minimum Gasteiger partial charge on any atom is -0.465 e. The number of aromatic nitrogens is 3. The lowest BCUT2D eigenvalue weighted by Crippen LogP contribution is -2.24. The molecule has 3 aromatic rings. The van der Waals surface area contributed by atoms with Gasteiger partial charge in [0.15, 0.2) is 0 Å². The number of hydrogen-bond donors (Lipinski definition) is 2. The molecule has 28 heavy (non-hydrogen) atoms. The molecular weight excluding hydrogens is 382 g/mol. The number of anilines is 2. The van der Waals surface area contributed by atoms with E-state index in [1.807, 2.05) is 12.1 Å². The van der Waals surface area contributed by atoms with Gasteiger partial charge in [-0.15, -0.1) is 0 Å². The van der Waals surface area contributed by atoms with E-state index >= 15 is 0 Å². The van der Waals surface area contributed by atoms with Crippen LogP contribution in [0.5, 0.6) is 0 Å². The molecule has 2 heterocycles. The fourth-order valence-corrected chi connectivity index (χ4v) is 2.46. The zero-order valence-corrected chi connectivity index (χ0v) is 15.6. The van der Waals surface area contributed by atoms with Crippen LogP contribution in [0.4, 0.5) is 11.6 Å². The molecule has 0 saturated heterocycles. The summed E-state index contributed by atoms with van der Waals surface area (Å²) in [5.41, 5.74) is 1.64. The number of pyridine rings is 1. The van der Waals surface area contributed by atoms with Gasteiger partial charge >= 0.3 is 5.97 Å². The molecule has 0 unspecified atom stereocenters. The summed E-state index contributed by atoms with van der Waals surface area (Å²) in [7, 11) is 1.29. The number of ether oxygens (including phenoxy) is 1. The van der Waals surface area contributed by atoms with Crippen LogP contribution >= 0.6 is 11.6 Å². The summed E-state index contributed by atoms with van der Waals surface area (Å²) in [5.74, 6) is -0.705. The molecule has 9 heteroatoms. The van der Waals surface area contributed by atoms with Crippen LogP contribution < -0.4 is 10.6 Å². The van der Waals surface area contributed by atoms with E-state index in [9.17, 15) is 9.59 Å². The van der Waals surface area contributed by atoms with Crippen molar-refractivity contribution in [2.45, 2.75) is 6.54 Å². The zero-order valence-electron chi connectivity index (χ0n) is 14.8. The number of nitrogens with zero attached hydrogens (tertiary/aromatic N) is 3. The highest BCUT2D eigenvalue weighted by Crippen LogP contribution is 2.25. The van der Waals surface area contributed by atoms with E-state index in [4.69, 9.17) is 16.3 Å². The quantitative estimate of drug-likeness (QED) is 0.616. The van der Waals surface area contributed by atoms with E-state index in [0.717, 1.165) is 5.69 Å². The Morgan fingerprint density at radius 3 is 2.71 bits per heavy atom. The summed E-state index contributed by atoms with van der Waals surface area (Å²) in [5, 5.41) is 6.01. The molecule has 142 valence electrons. The highest BCUT2D eigenvalue weighted by molar-refractivity contribution is 6.33. The van der Waals surface area contributed by atoms with Crippen molar-refractivity contribution in [3.8, 4) is 0 Å². The van der Waals surface area contributed by atoms with Crippen molar-refractivity contribution in [1.82, 2.24) is 20.3 Å². The third kappa shape index (κ3) is 4.80. The van der Waals surface area contributed by atoms with Gasteiger partial charge in [0.2, 0.25) is 5.95 Å². The van der Waals surface area contributed by atoms with Crippen LogP contribution in [-0.2, 0) is 11.3 Å². The molecule has 2 N–H and O–H groups in total. The van der Waals surface area contributed by atoms with Crippen LogP contribution in [0.25, 0.3) is 0 Å². The first kappa shape index (κ1) is 19.2. The average Bonchev–Trinajstić information content (AvgIpc) is 2.74. The standard InChI is InChI=1S/C19H16ClN5O3/c1-28-18(27)12-5-6-14(20)16(10-12)25-19-22-9-7-15(24-19)17(26)23-11-13-4-2-3-8-21-13/h2-10H,11H2,1H3,(H,23,26)(H,22,24,25). The number of carbonyl (C=O) groups excluding carboxylic acids is 2. The van der Waals surface area contributed by atoms with Gasteiger partial charge in [0, 0.05) is 12.4 Å². The second kappa shape index (κ2) is 8.92. The van der Waals surface area contributed by atoms with Crippen molar-refractivity contribution < 1.29 is 14.3 Å². The summed E-state index contributed by atoms with van der Waals surface area (Å²) in [6.45, 7) is 0.277. The van der Waals surface area contributed by atoms with Gasteiger partial charge in [-0.25, -0.2) is 14.8 Å². The summed E-state index contributed by atoms with van der Waals surface area (Å²) >= 11 is 6.16. The molecule has 0 fully saturated rings. The number of esters is 1. The maximum absolute atomic E-state index is 12.3. The van der Waals surface area contributed by atoms with E-state index in [-0.39, 0.29) is 24.1 Å². The second-order valence-electron chi connectivity index (χ2n) is 5.58. The van der Waals surface area contributed by atoms with Gasteiger partial charge in [-0.1, -0.05) is 17.7 Å². The molecular formula is C19H16ClN5O3. The molecule has 0 spiro atoms. The second-order valence-corrected chi connectivity index (χ2v) is 5.99. The van der Waals surface area contributed by atoms with Gasteiger partial charge in [-0.05, 0) is 36.4 Å². The number of amides is 1. The first-order valence-electron chi connectivity index (χ1n) is 8.23. The van der Waals surface area contributed by atoms with E-state index < -0.39 is 5.97 Å². The Hall–Kier alpha value is -3.52. The molecule has 1 aromatic carbocycles. The number of carbonyl (C=O) groups is 2. The fourth-order valence-electron chi connectivity index (χ4n) is 2.30. The Morgan fingerprint density at radius 1 is 1.11 bits per heavy atom. The number of halogens is 1. The van der Waals surface area contributed by atoms with Crippen LogP contribution in [0.3, 0.4) is 0 Å². The van der Waals surface area contributed by atoms with Crippen LogP contribution in [0.15, 0.2) is 54.9 Å². The molecule has 1 amide bonds. The Kier molecular flexibility index (Phi) is 6.13. The molecule has 0 aliphatic heterocycles. The normalized spacial score (nSPS) is 10.2. The van der Waals surface area contributed by atoms with Crippen molar-refractivity contribution in [1.29, 1.82) is 0 Å². The Balaban J connectivity index is 1.73. The first-order valence-corrected chi connectivity index (χ1v) is 8.60. The minimum atomic E-state index is -0.497. The van der Waals surface area contributed by atoms with Gasteiger partial charge in [0.1, 0.15) is 5.69 Å². The molecule has 0 aliphatic rings. The largest absolute Gasteiger partial charge is 0.465 e. The Bertz CT molecular complexity index is 998. The summed E-state index contributed by atoms with van der Waals surface area (Å²) in [6.07, 6.45) is 3.10. The van der Waals surface area contributed by atoms with Crippen LogP contribution in [-0.4, -0.2) is 33.9 Å². The number of rotatable bonds is 6. The van der Waals surface area contributed by atoms with Crippen molar-refractivity contribution in [3.63, 3.8) is 0 Å². The Labute approximate surface area is 166 Å². The predicted molar refractivity (Wildman–Crippen MR) is 104 cm³/mol. The van der Waals surface area contributed by atoms with Gasteiger partial charge in [0.05, 0.1) is 35.6 Å². The number of nitrogens with one attached hydrogen (secondary N) is 2. The first-order chi connectivity index (χ1) is 13.6. The number of benzene rings is 1. The summed E-state index contributed by atoms with van der Waals surface area (Å²) in [6, 6.07) is 11.6. The number of hydrogen-bond acceptors (Lipinski definition) is 7. The Morgan fingerprint density at radius 2 is 1.96 bits per heavy atom. The molecule has 0 saturated carbocycles. The summed E-state index contributed by atoms with van der Waals surface area (Å²) < 4.78 is 4.70. The van der Waals surface area contributed by atoms with Crippen molar-refractivity contribution in [3.05, 3.63) is 76.8 Å². The third-order valence-electron chi connectivity index (χ3n) is 3.68. The zero-order chi connectivity index (χ0) is 19.9. The summed E-state index contributed by atoms with van der Waals surface area (Å²) in [4.78, 5) is 36.4. The molecule has 3 rings (SSSR count). The molecule has 0 radical (unpaired) electrons. The maximum atomic E-state index is 12.3. The van der Waals surface area contributed by atoms with Crippen LogP contribution in [0.1, 0.15) is 26.5 Å². The lowest BCUT2D eigenvalue weighted by atomic mass is 10.2. The van der Waals surface area contributed by atoms with Crippen molar-refractivity contribution in [2.24, 2.45) is 0 Å². The third-order valence-corrected chi connectivity index (χ3v) is 4.01. The molecule has 2 aromatic heterocycles. The molecule has 0 atom stereocenters. The van der Waals surface area contributed by atoms with E-state index in [2.05, 4.69) is 25.6 Å². The minimum absolute atomic E-state index is 0.161. The smallest absolute Gasteiger partial charge is 0.337 e. The van der Waals surface area contributed by atoms with Gasteiger partial charge in [-0.2, -0.15) is 0 Å². The number of methoxy groups -OCH3 is 1. The maximum Gasteiger partial charge on any atom is 0.337 e. The van der Waals surface area contributed by atoms with Crippen LogP contribution in [0, 0.1) is 0 Å².